The molecule has 0 amide bonds. The number of unbranched alkanes of at least 4 members (excludes halogenated alkanes) is 1. The molecule has 2 aliphatic heterocycles. The van der Waals surface area contributed by atoms with Crippen LogP contribution in [0.25, 0.3) is 0 Å². The van der Waals surface area contributed by atoms with Crippen LogP contribution in [-0.4, -0.2) is 73.9 Å². The third-order valence-electron chi connectivity index (χ3n) is 5.33. The molecule has 0 saturated carbocycles. The predicted octanol–water partition coefficient (Wildman–Crippen LogP) is 2.88. The minimum atomic E-state index is -4.08. The summed E-state index contributed by atoms with van der Waals surface area (Å²) in [5, 5.41) is 3.21. The standard InChI is InChI=1S/C20H29F3N4O/c1-24-19(25-10-6-5-9-20(21,22)23)27-14-17-18(15-27)28-12-11-26(17)13-16-7-3-2-4-8-16/h2-4,7-8,17-18H,5-6,9-15H2,1H3,(H,24,25). The number of benzene rings is 1. The summed E-state index contributed by atoms with van der Waals surface area (Å²) in [7, 11) is 1.71. The van der Waals surface area contributed by atoms with Crippen molar-refractivity contribution in [1.29, 1.82) is 0 Å². The number of guanidine groups is 1. The number of ether oxygens (including phenoxy) is 1. The number of rotatable bonds is 6. The predicted molar refractivity (Wildman–Crippen MR) is 103 cm³/mol. The summed E-state index contributed by atoms with van der Waals surface area (Å²) in [5.74, 6) is 0.740. The van der Waals surface area contributed by atoms with Crippen LogP contribution in [0.5, 0.6) is 0 Å². The number of nitrogens with zero attached hydrogens (tertiary/aromatic N) is 3. The second kappa shape index (κ2) is 9.60. The molecule has 2 saturated heterocycles. The van der Waals surface area contributed by atoms with E-state index in [1.54, 1.807) is 7.05 Å². The summed E-state index contributed by atoms with van der Waals surface area (Å²) >= 11 is 0. The molecule has 0 radical (unpaired) electrons. The van der Waals surface area contributed by atoms with Crippen molar-refractivity contribution >= 4 is 5.96 Å². The zero-order chi connectivity index (χ0) is 20.0. The molecule has 1 aromatic rings. The normalized spacial score (nSPS) is 23.7. The summed E-state index contributed by atoms with van der Waals surface area (Å²) < 4.78 is 42.7. The van der Waals surface area contributed by atoms with Gasteiger partial charge < -0.3 is 15.0 Å². The second-order valence-corrected chi connectivity index (χ2v) is 7.38. The number of hydrogen-bond acceptors (Lipinski definition) is 3. The van der Waals surface area contributed by atoms with Crippen molar-refractivity contribution in [3.63, 3.8) is 0 Å². The molecular formula is C20H29F3N4O. The van der Waals surface area contributed by atoms with Gasteiger partial charge in [0.05, 0.1) is 18.8 Å². The van der Waals surface area contributed by atoms with E-state index < -0.39 is 12.6 Å². The maximum atomic E-state index is 12.2. The molecule has 0 aliphatic carbocycles. The minimum Gasteiger partial charge on any atom is -0.373 e. The van der Waals surface area contributed by atoms with Gasteiger partial charge in [0.2, 0.25) is 0 Å². The van der Waals surface area contributed by atoms with Crippen molar-refractivity contribution in [2.24, 2.45) is 4.99 Å². The molecule has 2 atom stereocenters. The van der Waals surface area contributed by atoms with Gasteiger partial charge in [-0.05, 0) is 18.4 Å². The van der Waals surface area contributed by atoms with E-state index in [0.717, 1.165) is 32.1 Å². The Labute approximate surface area is 164 Å². The molecule has 8 heteroatoms. The van der Waals surface area contributed by atoms with Crippen LogP contribution in [0, 0.1) is 0 Å². The minimum absolute atomic E-state index is 0.126. The first-order chi connectivity index (χ1) is 13.5. The van der Waals surface area contributed by atoms with Crippen LogP contribution < -0.4 is 5.32 Å². The molecule has 2 aliphatic rings. The number of likely N-dealkylation sites (tertiary alicyclic amines) is 1. The highest BCUT2D eigenvalue weighted by Crippen LogP contribution is 2.25. The van der Waals surface area contributed by atoms with Gasteiger partial charge in [-0.25, -0.2) is 0 Å². The maximum absolute atomic E-state index is 12.2. The van der Waals surface area contributed by atoms with Crippen LogP contribution >= 0.6 is 0 Å². The molecule has 3 rings (SSSR count). The van der Waals surface area contributed by atoms with Gasteiger partial charge in [0.1, 0.15) is 0 Å². The smallest absolute Gasteiger partial charge is 0.373 e. The molecule has 5 nitrogen and oxygen atoms in total. The van der Waals surface area contributed by atoms with Crippen LogP contribution in [0.2, 0.25) is 0 Å². The van der Waals surface area contributed by atoms with Crippen molar-refractivity contribution in [2.45, 2.75) is 44.1 Å². The van der Waals surface area contributed by atoms with Gasteiger partial charge in [0, 0.05) is 46.2 Å². The molecule has 0 spiro atoms. The molecule has 28 heavy (non-hydrogen) atoms. The Balaban J connectivity index is 1.50. The topological polar surface area (TPSA) is 40.1 Å². The molecule has 2 heterocycles. The first-order valence-electron chi connectivity index (χ1n) is 9.88. The summed E-state index contributed by atoms with van der Waals surface area (Å²) in [6, 6.07) is 10.7. The highest BCUT2D eigenvalue weighted by Gasteiger charge is 2.41. The average molecular weight is 398 g/mol. The van der Waals surface area contributed by atoms with E-state index in [1.165, 1.54) is 5.56 Å². The maximum Gasteiger partial charge on any atom is 0.389 e. The third-order valence-corrected chi connectivity index (χ3v) is 5.33. The van der Waals surface area contributed by atoms with E-state index in [2.05, 4.69) is 44.4 Å². The van der Waals surface area contributed by atoms with E-state index in [-0.39, 0.29) is 18.6 Å². The van der Waals surface area contributed by atoms with E-state index >= 15 is 0 Å². The fourth-order valence-electron chi connectivity index (χ4n) is 3.93. The summed E-state index contributed by atoms with van der Waals surface area (Å²) in [5.41, 5.74) is 1.29. The number of alkyl halides is 3. The van der Waals surface area contributed by atoms with Crippen molar-refractivity contribution in [1.82, 2.24) is 15.1 Å². The van der Waals surface area contributed by atoms with Crippen LogP contribution in [0.1, 0.15) is 24.8 Å². The zero-order valence-corrected chi connectivity index (χ0v) is 16.3. The van der Waals surface area contributed by atoms with Crippen LogP contribution in [0.15, 0.2) is 35.3 Å². The highest BCUT2D eigenvalue weighted by atomic mass is 19.4. The lowest BCUT2D eigenvalue weighted by Gasteiger charge is -2.36. The molecule has 1 aromatic carbocycles. The van der Waals surface area contributed by atoms with Crippen LogP contribution in [-0.2, 0) is 11.3 Å². The Kier molecular flexibility index (Phi) is 7.18. The zero-order valence-electron chi connectivity index (χ0n) is 16.3. The molecule has 0 aromatic heterocycles. The van der Waals surface area contributed by atoms with Gasteiger partial charge in [-0.2, -0.15) is 13.2 Å². The molecule has 2 unspecified atom stereocenters. The Morgan fingerprint density at radius 2 is 2.00 bits per heavy atom. The van der Waals surface area contributed by atoms with E-state index in [0.29, 0.717) is 19.6 Å². The quantitative estimate of drug-likeness (QED) is 0.455. The lowest BCUT2D eigenvalue weighted by Crippen LogP contribution is -2.50. The van der Waals surface area contributed by atoms with Crippen molar-refractivity contribution in [2.75, 3.05) is 39.8 Å². The van der Waals surface area contributed by atoms with E-state index in [9.17, 15) is 13.2 Å². The molecule has 156 valence electrons. The van der Waals surface area contributed by atoms with Gasteiger partial charge in [0.15, 0.2) is 5.96 Å². The lowest BCUT2D eigenvalue weighted by atomic mass is 10.1. The molecule has 2 fully saturated rings. The van der Waals surface area contributed by atoms with Crippen molar-refractivity contribution < 1.29 is 17.9 Å². The van der Waals surface area contributed by atoms with Crippen molar-refractivity contribution in [3.05, 3.63) is 35.9 Å². The van der Waals surface area contributed by atoms with Gasteiger partial charge in [0.25, 0.3) is 0 Å². The van der Waals surface area contributed by atoms with Gasteiger partial charge >= 0.3 is 6.18 Å². The lowest BCUT2D eigenvalue weighted by molar-refractivity contribution is -0.135. The summed E-state index contributed by atoms with van der Waals surface area (Å²) in [4.78, 5) is 8.93. The SMILES string of the molecule is CN=C(NCCCCC(F)(F)F)N1CC2OCCN(Cc3ccccc3)C2C1. The second-order valence-electron chi connectivity index (χ2n) is 7.38. The van der Waals surface area contributed by atoms with Gasteiger partial charge in [-0.15, -0.1) is 0 Å². The Bertz CT molecular complexity index is 638. The largest absolute Gasteiger partial charge is 0.389 e. The third kappa shape index (κ3) is 5.85. The van der Waals surface area contributed by atoms with Crippen LogP contribution in [0.4, 0.5) is 13.2 Å². The number of aliphatic imine (C=N–C) groups is 1. The number of hydrogen-bond donors (Lipinski definition) is 1. The fraction of sp³-hybridized carbons (Fsp3) is 0.650. The van der Waals surface area contributed by atoms with Gasteiger partial charge in [-0.1, -0.05) is 30.3 Å². The number of halogens is 3. The molecule has 1 N–H and O–H groups in total. The Hall–Kier alpha value is -1.80. The van der Waals surface area contributed by atoms with E-state index in [4.69, 9.17) is 4.74 Å². The number of nitrogens with one attached hydrogen (secondary N) is 1. The first-order valence-corrected chi connectivity index (χ1v) is 9.88. The van der Waals surface area contributed by atoms with Crippen molar-refractivity contribution in [3.8, 4) is 0 Å². The number of morpholine rings is 1. The Morgan fingerprint density at radius 3 is 2.71 bits per heavy atom. The monoisotopic (exact) mass is 398 g/mol. The first kappa shape index (κ1) is 20.9. The fourth-order valence-corrected chi connectivity index (χ4v) is 3.93. The van der Waals surface area contributed by atoms with Crippen LogP contribution in [0.3, 0.4) is 0 Å². The van der Waals surface area contributed by atoms with Gasteiger partial charge in [-0.3, -0.25) is 9.89 Å². The number of fused-ring (bicyclic) bond motifs is 1. The highest BCUT2D eigenvalue weighted by molar-refractivity contribution is 5.80. The Morgan fingerprint density at radius 1 is 1.21 bits per heavy atom. The summed E-state index contributed by atoms with van der Waals surface area (Å²) in [6.45, 7) is 4.54. The van der Waals surface area contributed by atoms with E-state index in [1.807, 2.05) is 6.07 Å². The average Bonchev–Trinajstić information content (AvgIpc) is 3.10. The molecule has 0 bridgehead atoms. The summed E-state index contributed by atoms with van der Waals surface area (Å²) in [6.07, 6.45) is -4.08. The molecular weight excluding hydrogens is 369 g/mol.